The van der Waals surface area contributed by atoms with Gasteiger partial charge < -0.3 is 10.6 Å². The zero-order valence-electron chi connectivity index (χ0n) is 24.1. The second-order valence-electron chi connectivity index (χ2n) is 11.1. The lowest BCUT2D eigenvalue weighted by molar-refractivity contribution is -0.132. The van der Waals surface area contributed by atoms with Crippen molar-refractivity contribution in [3.8, 4) is 0 Å². The average molecular weight is 607 g/mol. The summed E-state index contributed by atoms with van der Waals surface area (Å²) < 4.78 is 28.4. The number of likely N-dealkylation sites (tertiary alicyclic amines) is 1. The van der Waals surface area contributed by atoms with Crippen LogP contribution in [0.3, 0.4) is 0 Å². The van der Waals surface area contributed by atoms with E-state index in [-0.39, 0.29) is 23.3 Å². The zero-order valence-corrected chi connectivity index (χ0v) is 24.9. The van der Waals surface area contributed by atoms with Gasteiger partial charge in [0.2, 0.25) is 21.8 Å². The predicted octanol–water partition coefficient (Wildman–Crippen LogP) is 2.04. The summed E-state index contributed by atoms with van der Waals surface area (Å²) in [4.78, 5) is 48.2. The normalized spacial score (nSPS) is 18.0. The Morgan fingerprint density at radius 3 is 2.40 bits per heavy atom. The van der Waals surface area contributed by atoms with Crippen LogP contribution in [0.15, 0.2) is 71.9 Å². The van der Waals surface area contributed by atoms with Crippen molar-refractivity contribution < 1.29 is 22.8 Å². The Bertz CT molecular complexity index is 1540. The number of sulfonamides is 1. The minimum absolute atomic E-state index is 0.0472. The third-order valence-corrected chi connectivity index (χ3v) is 9.71. The van der Waals surface area contributed by atoms with Crippen molar-refractivity contribution in [2.24, 2.45) is 5.92 Å². The van der Waals surface area contributed by atoms with Crippen molar-refractivity contribution >= 4 is 44.6 Å². The molecule has 3 heterocycles. The lowest BCUT2D eigenvalue weighted by Gasteiger charge is -2.49. The summed E-state index contributed by atoms with van der Waals surface area (Å²) in [5.41, 5.74) is -0.987. The van der Waals surface area contributed by atoms with Gasteiger partial charge in [0, 0.05) is 37.1 Å². The molecule has 2 saturated heterocycles. The van der Waals surface area contributed by atoms with Crippen molar-refractivity contribution in [1.29, 1.82) is 0 Å². The van der Waals surface area contributed by atoms with E-state index >= 15 is 0 Å². The molecular weight excluding hydrogens is 568 g/mol. The van der Waals surface area contributed by atoms with E-state index in [1.54, 1.807) is 36.7 Å². The molecule has 2 aliphatic heterocycles. The summed E-state index contributed by atoms with van der Waals surface area (Å²) in [5.74, 6) is -1.09. The minimum Gasteiger partial charge on any atom is -0.351 e. The lowest BCUT2D eigenvalue weighted by atomic mass is 9.93. The first-order chi connectivity index (χ1) is 20.8. The molecule has 0 radical (unpaired) electrons. The molecule has 43 heavy (non-hydrogen) atoms. The molecule has 3 aromatic rings. The maximum Gasteiger partial charge on any atom is 0.241 e. The Morgan fingerprint density at radius 2 is 1.70 bits per heavy atom. The molecule has 2 amide bonds. The number of piperidine rings is 2. The van der Waals surface area contributed by atoms with Gasteiger partial charge in [0.05, 0.1) is 18.0 Å². The van der Waals surface area contributed by atoms with E-state index in [4.69, 9.17) is 0 Å². The molecular formula is C31H38N6O5S. The number of nitrogens with zero attached hydrogens (tertiary/aromatic N) is 3. The number of anilines is 1. The maximum absolute atomic E-state index is 14.2. The van der Waals surface area contributed by atoms with Crippen LogP contribution in [-0.4, -0.2) is 81.3 Å². The molecule has 5 rings (SSSR count). The van der Waals surface area contributed by atoms with Crippen LogP contribution in [0.25, 0.3) is 10.8 Å². The fourth-order valence-electron chi connectivity index (χ4n) is 5.94. The number of carbonyl (C=O) groups excluding carboxylic acids is 3. The smallest absolute Gasteiger partial charge is 0.241 e. The number of carbonyl (C=O) groups is 3. The maximum atomic E-state index is 14.2. The van der Waals surface area contributed by atoms with E-state index in [2.05, 4.69) is 20.3 Å². The fourth-order valence-corrected chi connectivity index (χ4v) is 6.96. The molecule has 0 spiro atoms. The Kier molecular flexibility index (Phi) is 9.81. The molecule has 11 nitrogen and oxygen atoms in total. The molecule has 2 aliphatic rings. The number of rotatable bonds is 11. The molecule has 12 heteroatoms. The van der Waals surface area contributed by atoms with E-state index in [9.17, 15) is 22.8 Å². The largest absolute Gasteiger partial charge is 0.351 e. The van der Waals surface area contributed by atoms with Crippen molar-refractivity contribution in [1.82, 2.24) is 25.2 Å². The first-order valence-corrected chi connectivity index (χ1v) is 16.2. The van der Waals surface area contributed by atoms with Crippen LogP contribution in [0.4, 0.5) is 5.69 Å². The molecule has 1 atom stereocenters. The highest BCUT2D eigenvalue weighted by atomic mass is 32.2. The van der Waals surface area contributed by atoms with E-state index in [1.807, 2.05) is 29.2 Å². The van der Waals surface area contributed by atoms with Crippen LogP contribution in [-0.2, 0) is 24.4 Å². The molecule has 228 valence electrons. The molecule has 0 saturated carbocycles. The molecule has 0 aliphatic carbocycles. The van der Waals surface area contributed by atoms with Gasteiger partial charge >= 0.3 is 0 Å². The number of hydrogen-bond acceptors (Lipinski definition) is 8. The van der Waals surface area contributed by atoms with Crippen LogP contribution in [0.5, 0.6) is 0 Å². The van der Waals surface area contributed by atoms with E-state index in [0.29, 0.717) is 44.7 Å². The number of fused-ring (bicyclic) bond motifs is 1. The number of aldehydes is 1. The molecule has 2 fully saturated rings. The van der Waals surface area contributed by atoms with Crippen molar-refractivity contribution in [3.63, 3.8) is 0 Å². The quantitative estimate of drug-likeness (QED) is 0.282. The minimum atomic E-state index is -3.98. The van der Waals surface area contributed by atoms with Crippen LogP contribution < -0.4 is 20.3 Å². The van der Waals surface area contributed by atoms with Gasteiger partial charge in [-0.15, -0.1) is 0 Å². The Balaban J connectivity index is 1.38. The summed E-state index contributed by atoms with van der Waals surface area (Å²) in [6, 6.07) is 15.6. The van der Waals surface area contributed by atoms with Gasteiger partial charge in [-0.25, -0.2) is 13.1 Å². The third-order valence-electron chi connectivity index (χ3n) is 8.31. The van der Waals surface area contributed by atoms with Crippen LogP contribution in [0.2, 0.25) is 0 Å². The highest BCUT2D eigenvalue weighted by molar-refractivity contribution is 7.89. The standard InChI is InChI=1S/C31H38N6O5S/c38-23-31(36-18-4-1-5-19-36,37(27-12-16-33-17-13-27)30(40)25-10-14-32-15-11-25)22-34-29(39)21-35-43(41,42)28-9-8-24-6-2-3-7-26(24)20-28/h2-3,6-9,12-13,16-17,20,23,25,32,35H,1,4-5,10-11,14-15,18-19,21-22H2,(H,34,39). The van der Waals surface area contributed by atoms with Crippen molar-refractivity contribution in [3.05, 3.63) is 67.0 Å². The summed E-state index contributed by atoms with van der Waals surface area (Å²) in [6.07, 6.45) is 7.87. The van der Waals surface area contributed by atoms with Gasteiger partial charge in [0.25, 0.3) is 0 Å². The number of aromatic nitrogens is 1. The molecule has 1 aromatic heterocycles. The average Bonchev–Trinajstić information content (AvgIpc) is 3.06. The highest BCUT2D eigenvalue weighted by Gasteiger charge is 2.48. The first-order valence-electron chi connectivity index (χ1n) is 14.8. The molecule has 1 unspecified atom stereocenters. The zero-order chi connectivity index (χ0) is 30.3. The number of hydrogen-bond donors (Lipinski definition) is 3. The highest BCUT2D eigenvalue weighted by Crippen LogP contribution is 2.32. The van der Waals surface area contributed by atoms with Gasteiger partial charge in [0.15, 0.2) is 11.9 Å². The van der Waals surface area contributed by atoms with Gasteiger partial charge in [-0.2, -0.15) is 0 Å². The lowest BCUT2D eigenvalue weighted by Crippen LogP contribution is -2.70. The Morgan fingerprint density at radius 1 is 1.00 bits per heavy atom. The van der Waals surface area contributed by atoms with Crippen LogP contribution in [0.1, 0.15) is 32.1 Å². The SMILES string of the molecule is O=CC(CNC(=O)CNS(=O)(=O)c1ccc2ccccc2c1)(N1CCCCC1)N(C(=O)C1CCNCC1)c1ccncc1. The molecule has 0 bridgehead atoms. The fraction of sp³-hybridized carbons (Fsp3) is 0.419. The first kappa shape index (κ1) is 30.7. The molecule has 3 N–H and O–H groups in total. The van der Waals surface area contributed by atoms with E-state index in [1.165, 1.54) is 11.0 Å². The summed E-state index contributed by atoms with van der Waals surface area (Å²) in [5, 5.41) is 7.72. The van der Waals surface area contributed by atoms with Crippen LogP contribution in [0, 0.1) is 5.92 Å². The molecule has 2 aromatic carbocycles. The number of benzene rings is 2. The Hall–Kier alpha value is -3.71. The second kappa shape index (κ2) is 13.7. The number of nitrogens with one attached hydrogen (secondary N) is 3. The number of amides is 2. The monoisotopic (exact) mass is 606 g/mol. The predicted molar refractivity (Wildman–Crippen MR) is 164 cm³/mol. The van der Waals surface area contributed by atoms with Gasteiger partial charge in [-0.3, -0.25) is 29.2 Å². The summed E-state index contributed by atoms with van der Waals surface area (Å²) >= 11 is 0. The van der Waals surface area contributed by atoms with E-state index < -0.39 is 28.1 Å². The van der Waals surface area contributed by atoms with Gasteiger partial charge in [-0.05, 0) is 73.8 Å². The van der Waals surface area contributed by atoms with Crippen LogP contribution >= 0.6 is 0 Å². The second-order valence-corrected chi connectivity index (χ2v) is 12.8. The topological polar surface area (TPSA) is 141 Å². The third kappa shape index (κ3) is 6.93. The van der Waals surface area contributed by atoms with Crippen molar-refractivity contribution in [2.75, 3.05) is 44.2 Å². The Labute approximate surface area is 252 Å². The summed E-state index contributed by atoms with van der Waals surface area (Å²) in [6.45, 7) is 1.82. The van der Waals surface area contributed by atoms with Gasteiger partial charge in [0.1, 0.15) is 0 Å². The number of pyridine rings is 1. The van der Waals surface area contributed by atoms with Gasteiger partial charge in [-0.1, -0.05) is 36.8 Å². The summed E-state index contributed by atoms with van der Waals surface area (Å²) in [7, 11) is -3.98. The van der Waals surface area contributed by atoms with Crippen molar-refractivity contribution in [2.45, 2.75) is 42.7 Å². The van der Waals surface area contributed by atoms with E-state index in [0.717, 1.165) is 36.3 Å².